The second-order valence-corrected chi connectivity index (χ2v) is 5.03. The Morgan fingerprint density at radius 1 is 0.941 bits per heavy atom. The van der Waals surface area contributed by atoms with Crippen molar-refractivity contribution in [2.75, 3.05) is 0 Å². The third-order valence-electron chi connectivity index (χ3n) is 1.87. The second-order valence-electron chi connectivity index (χ2n) is 3.09. The van der Waals surface area contributed by atoms with E-state index in [1.807, 2.05) is 0 Å². The lowest BCUT2D eigenvalue weighted by molar-refractivity contribution is -0.0436. The summed E-state index contributed by atoms with van der Waals surface area (Å²) in [6.45, 7) is -5.37. The van der Waals surface area contributed by atoms with Crippen molar-refractivity contribution in [1.29, 1.82) is 0 Å². The number of rotatable bonds is 2. The van der Waals surface area contributed by atoms with Crippen LogP contribution in [0.5, 0.6) is 0 Å². The minimum absolute atomic E-state index is 0.285. The van der Waals surface area contributed by atoms with Crippen LogP contribution in [0.15, 0.2) is 29.2 Å². The fourth-order valence-corrected chi connectivity index (χ4v) is 1.76. The maximum absolute atomic E-state index is 12.1. The molecule has 0 aliphatic carbocycles. The van der Waals surface area contributed by atoms with Crippen molar-refractivity contribution in [2.24, 2.45) is 0 Å². The van der Waals surface area contributed by atoms with Gasteiger partial charge in [0.2, 0.25) is 0 Å². The normalized spacial score (nSPS) is 13.8. The van der Waals surface area contributed by atoms with Gasteiger partial charge in [-0.15, -0.1) is 5.46 Å². The molecule has 96 valence electrons. The molecule has 0 saturated carbocycles. The van der Waals surface area contributed by atoms with Crippen molar-refractivity contribution in [2.45, 2.75) is 10.4 Å². The van der Waals surface area contributed by atoms with Gasteiger partial charge in [0.05, 0.1) is 4.90 Å². The third kappa shape index (κ3) is 2.74. The summed E-state index contributed by atoms with van der Waals surface area (Å²) in [5, 5.41) is 0. The van der Waals surface area contributed by atoms with Gasteiger partial charge in [0.1, 0.15) is 0 Å². The Morgan fingerprint density at radius 2 is 1.35 bits per heavy atom. The molecule has 1 rings (SSSR count). The first kappa shape index (κ1) is 13.9. The quantitative estimate of drug-likeness (QED) is 0.612. The first-order valence-corrected chi connectivity index (χ1v) is 5.56. The van der Waals surface area contributed by atoms with Crippen LogP contribution in [0.1, 0.15) is 0 Å². The van der Waals surface area contributed by atoms with Crippen molar-refractivity contribution in [3.63, 3.8) is 0 Å². The maximum Gasteiger partial charge on any atom is 0.509 e. The predicted molar refractivity (Wildman–Crippen MR) is 48.4 cm³/mol. The highest BCUT2D eigenvalue weighted by Gasteiger charge is 2.46. The van der Waals surface area contributed by atoms with Crippen molar-refractivity contribution >= 4 is 22.3 Å². The third-order valence-corrected chi connectivity index (χ3v) is 3.38. The predicted octanol–water partition coefficient (Wildman–Crippen LogP) is 2.03. The molecule has 0 heterocycles. The van der Waals surface area contributed by atoms with Gasteiger partial charge in [0, 0.05) is 0 Å². The molecule has 0 bridgehead atoms. The molecule has 0 spiro atoms. The minimum atomic E-state index is -5.60. The van der Waals surface area contributed by atoms with Gasteiger partial charge >= 0.3 is 12.5 Å². The Labute approximate surface area is 92.2 Å². The summed E-state index contributed by atoms with van der Waals surface area (Å²) in [4.78, 5) is -1.21. The van der Waals surface area contributed by atoms with E-state index in [-0.39, 0.29) is 12.1 Å². The van der Waals surface area contributed by atoms with E-state index in [0.717, 1.165) is 0 Å². The van der Waals surface area contributed by atoms with E-state index in [0.29, 0.717) is 12.1 Å². The largest absolute Gasteiger partial charge is 0.509 e. The highest BCUT2D eigenvalue weighted by Crippen LogP contribution is 2.29. The molecule has 0 fully saturated rings. The summed E-state index contributed by atoms with van der Waals surface area (Å²) in [6, 6.07) is 1.18. The lowest BCUT2D eigenvalue weighted by atomic mass is 9.80. The van der Waals surface area contributed by atoms with Crippen LogP contribution in [-0.4, -0.2) is 20.9 Å². The van der Waals surface area contributed by atoms with Crippen LogP contribution in [0.25, 0.3) is 0 Å². The monoisotopic (exact) mass is 277 g/mol. The van der Waals surface area contributed by atoms with Crippen LogP contribution in [0.4, 0.5) is 26.1 Å². The number of alkyl halides is 3. The fraction of sp³-hybridized carbons (Fsp3) is 0.143. The highest BCUT2D eigenvalue weighted by molar-refractivity contribution is 7.92. The van der Waals surface area contributed by atoms with E-state index in [1.165, 1.54) is 0 Å². The fourth-order valence-electron chi connectivity index (χ4n) is 0.999. The topological polar surface area (TPSA) is 34.1 Å². The Hall–Kier alpha value is -1.19. The molecule has 0 saturated heterocycles. The molecule has 0 N–H and O–H groups in total. The molecule has 0 aliphatic heterocycles. The van der Waals surface area contributed by atoms with E-state index >= 15 is 0 Å². The molecular formula is C7H4BF6O2S-. The molecule has 0 amide bonds. The van der Waals surface area contributed by atoms with Crippen LogP contribution in [-0.2, 0) is 9.84 Å². The smallest absolute Gasteiger partial charge is 0.445 e. The van der Waals surface area contributed by atoms with Crippen molar-refractivity contribution in [3.05, 3.63) is 24.3 Å². The van der Waals surface area contributed by atoms with Gasteiger partial charge in [0.15, 0.2) is 0 Å². The standard InChI is InChI=1S/C7H4BF6O2S/c9-7(10,11)17(15,16)6-3-1-5(2-4-6)8(12,13)14/h1-4H/q-1. The first-order valence-electron chi connectivity index (χ1n) is 4.07. The van der Waals surface area contributed by atoms with Gasteiger partial charge in [-0.05, 0) is 12.1 Å². The van der Waals surface area contributed by atoms with Crippen LogP contribution in [0.2, 0.25) is 0 Å². The Balaban J connectivity index is 3.22. The Kier molecular flexibility index (Phi) is 3.21. The molecule has 0 radical (unpaired) electrons. The summed E-state index contributed by atoms with van der Waals surface area (Å²) < 4.78 is 94.2. The number of hydrogen-bond acceptors (Lipinski definition) is 2. The SMILES string of the molecule is O=S(=O)(c1ccc([B-](F)(F)F)cc1)C(F)(F)F. The number of halogens is 6. The van der Waals surface area contributed by atoms with E-state index < -0.39 is 32.7 Å². The van der Waals surface area contributed by atoms with Crippen LogP contribution in [0, 0.1) is 0 Å². The molecule has 10 heteroatoms. The van der Waals surface area contributed by atoms with Crippen molar-refractivity contribution in [1.82, 2.24) is 0 Å². The van der Waals surface area contributed by atoms with Crippen LogP contribution < -0.4 is 5.46 Å². The van der Waals surface area contributed by atoms with E-state index in [4.69, 9.17) is 0 Å². The Morgan fingerprint density at radius 3 is 1.65 bits per heavy atom. The zero-order valence-electron chi connectivity index (χ0n) is 7.88. The average molecular weight is 277 g/mol. The van der Waals surface area contributed by atoms with Gasteiger partial charge in [-0.1, -0.05) is 12.1 Å². The van der Waals surface area contributed by atoms with E-state index in [1.54, 1.807) is 0 Å². The molecule has 0 aromatic heterocycles. The lowest BCUT2D eigenvalue weighted by Crippen LogP contribution is -2.34. The molecule has 0 unspecified atom stereocenters. The van der Waals surface area contributed by atoms with E-state index in [2.05, 4.69) is 0 Å². The number of hydrogen-bond donors (Lipinski definition) is 0. The van der Waals surface area contributed by atoms with Crippen LogP contribution >= 0.6 is 0 Å². The molecule has 17 heavy (non-hydrogen) atoms. The zero-order valence-corrected chi connectivity index (χ0v) is 8.70. The molecule has 1 aromatic rings. The summed E-state index contributed by atoms with van der Waals surface area (Å²) >= 11 is 0. The van der Waals surface area contributed by atoms with Gasteiger partial charge in [0.25, 0.3) is 9.84 Å². The average Bonchev–Trinajstić information content (AvgIpc) is 2.15. The maximum atomic E-state index is 12.1. The molecule has 2 nitrogen and oxygen atoms in total. The zero-order chi connectivity index (χ0) is 13.5. The summed E-state index contributed by atoms with van der Waals surface area (Å²) in [7, 11) is -5.60. The lowest BCUT2D eigenvalue weighted by Gasteiger charge is -2.15. The number of sulfone groups is 1. The molecule has 1 aromatic carbocycles. The highest BCUT2D eigenvalue weighted by atomic mass is 32.2. The van der Waals surface area contributed by atoms with Gasteiger partial charge in [-0.25, -0.2) is 8.42 Å². The van der Waals surface area contributed by atoms with Gasteiger partial charge in [-0.3, -0.25) is 0 Å². The first-order chi connectivity index (χ1) is 7.46. The summed E-state index contributed by atoms with van der Waals surface area (Å²) in [5.74, 6) is 0. The summed E-state index contributed by atoms with van der Waals surface area (Å²) in [6.07, 6.45) is 0. The molecule has 0 aliphatic rings. The molecule has 0 atom stereocenters. The van der Waals surface area contributed by atoms with E-state index in [9.17, 15) is 34.5 Å². The van der Waals surface area contributed by atoms with Gasteiger partial charge in [-0.2, -0.15) is 13.2 Å². The molecular weight excluding hydrogens is 273 g/mol. The van der Waals surface area contributed by atoms with Crippen molar-refractivity contribution in [3.8, 4) is 0 Å². The van der Waals surface area contributed by atoms with Crippen LogP contribution in [0.3, 0.4) is 0 Å². The Bertz CT molecular complexity index is 501. The minimum Gasteiger partial charge on any atom is -0.445 e. The second kappa shape index (κ2) is 3.93. The van der Waals surface area contributed by atoms with Crippen molar-refractivity contribution < 1.29 is 34.5 Å². The number of benzene rings is 1. The van der Waals surface area contributed by atoms with Gasteiger partial charge < -0.3 is 12.9 Å². The summed E-state index contributed by atoms with van der Waals surface area (Å²) in [5.41, 5.74) is -6.69.